The third-order valence-electron chi connectivity index (χ3n) is 5.00. The lowest BCUT2D eigenvalue weighted by Crippen LogP contribution is -2.50. The van der Waals surface area contributed by atoms with Crippen molar-refractivity contribution < 1.29 is 4.79 Å². The van der Waals surface area contributed by atoms with Gasteiger partial charge in [0.15, 0.2) is 0 Å². The van der Waals surface area contributed by atoms with Gasteiger partial charge in [0.1, 0.15) is 0 Å². The largest absolute Gasteiger partial charge is 0.340 e. The van der Waals surface area contributed by atoms with Crippen molar-refractivity contribution >= 4 is 5.91 Å². The molecule has 19 heavy (non-hydrogen) atoms. The summed E-state index contributed by atoms with van der Waals surface area (Å²) in [6.45, 7) is 9.74. The highest BCUT2D eigenvalue weighted by Crippen LogP contribution is 2.31. The quantitative estimate of drug-likeness (QED) is 0.781. The van der Waals surface area contributed by atoms with Gasteiger partial charge in [0.05, 0.1) is 0 Å². The Morgan fingerprint density at radius 3 is 2.16 bits per heavy atom. The van der Waals surface area contributed by atoms with Gasteiger partial charge in [-0.3, -0.25) is 9.69 Å². The lowest BCUT2D eigenvalue weighted by atomic mass is 9.80. The minimum Gasteiger partial charge on any atom is -0.340 e. The lowest BCUT2D eigenvalue weighted by Gasteiger charge is -2.37. The Morgan fingerprint density at radius 2 is 1.63 bits per heavy atom. The molecule has 1 aliphatic carbocycles. The number of hydrogen-bond acceptors (Lipinski definition) is 2. The normalized spacial score (nSPS) is 29.5. The fourth-order valence-electron chi connectivity index (χ4n) is 3.58. The maximum Gasteiger partial charge on any atom is 0.225 e. The molecule has 2 rings (SSSR count). The van der Waals surface area contributed by atoms with Crippen LogP contribution >= 0.6 is 0 Å². The first-order valence-electron chi connectivity index (χ1n) is 8.25. The molecule has 0 bridgehead atoms. The molecule has 0 atom stereocenters. The molecule has 0 N–H and O–H groups in total. The van der Waals surface area contributed by atoms with Crippen molar-refractivity contribution in [1.82, 2.24) is 9.80 Å². The van der Waals surface area contributed by atoms with Crippen LogP contribution in [0, 0.1) is 11.8 Å². The molecule has 1 aliphatic heterocycles. The third kappa shape index (κ3) is 3.95. The lowest BCUT2D eigenvalue weighted by molar-refractivity contribution is -0.138. The molecule has 2 aliphatic rings. The number of carbonyl (C=O) groups is 1. The Balaban J connectivity index is 1.75. The maximum absolute atomic E-state index is 12.5. The third-order valence-corrected chi connectivity index (χ3v) is 5.00. The first-order chi connectivity index (χ1) is 9.24. The van der Waals surface area contributed by atoms with E-state index in [0.717, 1.165) is 44.9 Å². The van der Waals surface area contributed by atoms with Gasteiger partial charge in [-0.2, -0.15) is 0 Å². The number of piperazine rings is 1. The highest BCUT2D eigenvalue weighted by Gasteiger charge is 2.30. The fourth-order valence-corrected chi connectivity index (χ4v) is 3.58. The van der Waals surface area contributed by atoms with E-state index in [-0.39, 0.29) is 0 Å². The number of nitrogens with zero attached hydrogens (tertiary/aromatic N) is 2. The van der Waals surface area contributed by atoms with E-state index < -0.39 is 0 Å². The Hall–Kier alpha value is -0.570. The molecule has 1 heterocycles. The van der Waals surface area contributed by atoms with Crippen LogP contribution in [0.5, 0.6) is 0 Å². The summed E-state index contributed by atoms with van der Waals surface area (Å²) in [7, 11) is 0. The molecule has 0 radical (unpaired) electrons. The predicted octanol–water partition coefficient (Wildman–Crippen LogP) is 2.76. The zero-order valence-electron chi connectivity index (χ0n) is 12.7. The molecular weight excluding hydrogens is 236 g/mol. The number of amides is 1. The van der Waals surface area contributed by atoms with Crippen LogP contribution in [-0.4, -0.2) is 48.4 Å². The Labute approximate surface area is 118 Å². The van der Waals surface area contributed by atoms with Crippen LogP contribution in [0.25, 0.3) is 0 Å². The van der Waals surface area contributed by atoms with E-state index >= 15 is 0 Å². The van der Waals surface area contributed by atoms with Crippen molar-refractivity contribution in [2.75, 3.05) is 32.7 Å². The molecule has 0 spiro atoms. The summed E-state index contributed by atoms with van der Waals surface area (Å²) in [4.78, 5) is 17.1. The second kappa shape index (κ2) is 7.28. The van der Waals surface area contributed by atoms with Crippen LogP contribution in [0.1, 0.15) is 52.4 Å². The van der Waals surface area contributed by atoms with Crippen molar-refractivity contribution in [2.24, 2.45) is 11.8 Å². The van der Waals surface area contributed by atoms with Crippen molar-refractivity contribution in [3.05, 3.63) is 0 Å². The van der Waals surface area contributed by atoms with Crippen molar-refractivity contribution in [1.29, 1.82) is 0 Å². The summed E-state index contributed by atoms with van der Waals surface area (Å²) >= 11 is 0. The fraction of sp³-hybridized carbons (Fsp3) is 0.938. The summed E-state index contributed by atoms with van der Waals surface area (Å²) in [6, 6.07) is 0. The smallest absolute Gasteiger partial charge is 0.225 e. The van der Waals surface area contributed by atoms with Crippen molar-refractivity contribution in [3.8, 4) is 0 Å². The molecule has 1 saturated heterocycles. The van der Waals surface area contributed by atoms with E-state index in [1.807, 2.05) is 0 Å². The van der Waals surface area contributed by atoms with Crippen LogP contribution in [0.3, 0.4) is 0 Å². The van der Waals surface area contributed by atoms with E-state index in [1.165, 1.54) is 32.2 Å². The predicted molar refractivity (Wildman–Crippen MR) is 79.1 cm³/mol. The minimum absolute atomic E-state index is 0.334. The monoisotopic (exact) mass is 266 g/mol. The van der Waals surface area contributed by atoms with Gasteiger partial charge < -0.3 is 4.90 Å². The topological polar surface area (TPSA) is 23.6 Å². The Morgan fingerprint density at radius 1 is 1.00 bits per heavy atom. The molecule has 3 nitrogen and oxygen atoms in total. The SMILES string of the molecule is CCCN1CCN(C(=O)C2CCC(CC)CC2)CC1. The van der Waals surface area contributed by atoms with Crippen LogP contribution in [0.4, 0.5) is 0 Å². The summed E-state index contributed by atoms with van der Waals surface area (Å²) in [5.74, 6) is 1.66. The molecule has 1 amide bonds. The molecule has 1 saturated carbocycles. The van der Waals surface area contributed by atoms with Gasteiger partial charge in [0, 0.05) is 32.1 Å². The minimum atomic E-state index is 0.334. The van der Waals surface area contributed by atoms with Crippen LogP contribution < -0.4 is 0 Å². The first-order valence-corrected chi connectivity index (χ1v) is 8.25. The molecule has 110 valence electrons. The number of rotatable bonds is 4. The summed E-state index contributed by atoms with van der Waals surface area (Å²) in [5.41, 5.74) is 0. The van der Waals surface area contributed by atoms with Crippen LogP contribution in [0.2, 0.25) is 0 Å². The van der Waals surface area contributed by atoms with Crippen molar-refractivity contribution in [3.63, 3.8) is 0 Å². The van der Waals surface area contributed by atoms with E-state index in [1.54, 1.807) is 0 Å². The standard InChI is InChI=1S/C16H30N2O/c1-3-9-17-10-12-18(13-11-17)16(19)15-7-5-14(4-2)6-8-15/h14-15H,3-13H2,1-2H3. The second-order valence-corrected chi connectivity index (χ2v) is 6.29. The van der Waals surface area contributed by atoms with Gasteiger partial charge in [0.25, 0.3) is 0 Å². The van der Waals surface area contributed by atoms with E-state index in [4.69, 9.17) is 0 Å². The van der Waals surface area contributed by atoms with Gasteiger partial charge in [0.2, 0.25) is 5.91 Å². The number of hydrogen-bond donors (Lipinski definition) is 0. The maximum atomic E-state index is 12.5. The van der Waals surface area contributed by atoms with Gasteiger partial charge in [-0.15, -0.1) is 0 Å². The van der Waals surface area contributed by atoms with Crippen LogP contribution in [-0.2, 0) is 4.79 Å². The highest BCUT2D eigenvalue weighted by molar-refractivity contribution is 5.79. The van der Waals surface area contributed by atoms with Gasteiger partial charge >= 0.3 is 0 Å². The van der Waals surface area contributed by atoms with Crippen molar-refractivity contribution in [2.45, 2.75) is 52.4 Å². The first kappa shape index (κ1) is 14.8. The average molecular weight is 266 g/mol. The molecule has 3 heteroatoms. The zero-order chi connectivity index (χ0) is 13.7. The summed E-state index contributed by atoms with van der Waals surface area (Å²) in [5, 5.41) is 0. The molecular formula is C16H30N2O. The van der Waals surface area contributed by atoms with Crippen LogP contribution in [0.15, 0.2) is 0 Å². The van der Waals surface area contributed by atoms with Gasteiger partial charge in [-0.25, -0.2) is 0 Å². The van der Waals surface area contributed by atoms with E-state index in [0.29, 0.717) is 11.8 Å². The second-order valence-electron chi connectivity index (χ2n) is 6.29. The molecule has 2 fully saturated rings. The van der Waals surface area contributed by atoms with Gasteiger partial charge in [-0.1, -0.05) is 20.3 Å². The molecule has 0 unspecified atom stereocenters. The summed E-state index contributed by atoms with van der Waals surface area (Å²) < 4.78 is 0. The Kier molecular flexibility index (Phi) is 5.68. The highest BCUT2D eigenvalue weighted by atomic mass is 16.2. The summed E-state index contributed by atoms with van der Waals surface area (Å²) in [6.07, 6.45) is 7.30. The average Bonchev–Trinajstić information content (AvgIpc) is 2.48. The Bertz CT molecular complexity index is 276. The van der Waals surface area contributed by atoms with E-state index in [9.17, 15) is 4.79 Å². The van der Waals surface area contributed by atoms with Gasteiger partial charge in [-0.05, 0) is 44.6 Å². The molecule has 0 aromatic heterocycles. The molecule has 0 aromatic rings. The molecule has 0 aromatic carbocycles. The van der Waals surface area contributed by atoms with E-state index in [2.05, 4.69) is 23.6 Å². The number of carbonyl (C=O) groups excluding carboxylic acids is 1. The zero-order valence-corrected chi connectivity index (χ0v) is 12.7.